The molecule has 2 bridgehead atoms. The molecule has 6 rings (SSSR count). The molecule has 0 spiro atoms. The van der Waals surface area contributed by atoms with Crippen molar-refractivity contribution in [2.24, 2.45) is 18.9 Å². The van der Waals surface area contributed by atoms with Crippen LogP contribution >= 0.6 is 0 Å². The van der Waals surface area contributed by atoms with Gasteiger partial charge in [-0.1, -0.05) is 0 Å². The van der Waals surface area contributed by atoms with E-state index in [4.69, 9.17) is 0 Å². The van der Waals surface area contributed by atoms with Crippen LogP contribution in [0.25, 0.3) is 10.9 Å². The Morgan fingerprint density at radius 3 is 2.63 bits per heavy atom. The molecule has 1 aromatic carbocycles. The first kappa shape index (κ1) is 17.4. The number of nitrogens with one attached hydrogen (secondary N) is 1. The summed E-state index contributed by atoms with van der Waals surface area (Å²) in [5, 5.41) is 8.61. The summed E-state index contributed by atoms with van der Waals surface area (Å²) < 4.78 is 3.29. The van der Waals surface area contributed by atoms with Crippen LogP contribution in [0, 0.1) is 11.8 Å². The molecule has 4 aliphatic rings. The molecule has 1 radical (unpaired) electrons. The summed E-state index contributed by atoms with van der Waals surface area (Å²) in [5.41, 5.74) is 1.44. The number of piperidine rings is 3. The van der Waals surface area contributed by atoms with Crippen LogP contribution in [-0.4, -0.2) is 66.6 Å². The van der Waals surface area contributed by atoms with E-state index in [-0.39, 0.29) is 11.9 Å². The number of rotatable bonds is 5. The molecule has 1 saturated carbocycles. The summed E-state index contributed by atoms with van der Waals surface area (Å²) >= 11 is -0.451. The summed E-state index contributed by atoms with van der Waals surface area (Å²) in [6.07, 6.45) is 4.48. The molecule has 2 aromatic rings. The first-order valence-electron chi connectivity index (χ1n) is 9.84. The van der Waals surface area contributed by atoms with Gasteiger partial charge in [0.1, 0.15) is 0 Å². The number of hydrogen-bond donors (Lipinski definition) is 1. The number of carbonyl (C=O) groups excluding carboxylic acids is 2. The van der Waals surface area contributed by atoms with Gasteiger partial charge in [-0.15, -0.1) is 0 Å². The van der Waals surface area contributed by atoms with E-state index in [0.717, 1.165) is 47.7 Å². The van der Waals surface area contributed by atoms with E-state index >= 15 is 0 Å². The Morgan fingerprint density at radius 1 is 1.19 bits per heavy atom. The summed E-state index contributed by atoms with van der Waals surface area (Å²) in [6, 6.07) is 6.26. The van der Waals surface area contributed by atoms with Crippen LogP contribution in [0.2, 0.25) is 0 Å². The molecule has 1 amide bonds. The normalized spacial score (nSPS) is 27.5. The van der Waals surface area contributed by atoms with E-state index in [9.17, 15) is 9.59 Å². The minimum atomic E-state index is -0.451. The molecule has 1 aliphatic carbocycles. The Balaban J connectivity index is 1.36. The topological polar surface area (TPSA) is 67.2 Å². The average Bonchev–Trinajstić information content (AvgIpc) is 3.48. The van der Waals surface area contributed by atoms with Gasteiger partial charge in [0.2, 0.25) is 0 Å². The summed E-state index contributed by atoms with van der Waals surface area (Å²) in [5.74, 6) is 0.836. The monoisotopic (exact) mass is 427 g/mol. The maximum absolute atomic E-state index is 12.9. The van der Waals surface area contributed by atoms with Crippen molar-refractivity contribution in [2.75, 3.05) is 19.6 Å². The van der Waals surface area contributed by atoms with Crippen molar-refractivity contribution in [3.05, 3.63) is 23.9 Å². The Kier molecular flexibility index (Phi) is 4.36. The Bertz CT molecular complexity index is 912. The summed E-state index contributed by atoms with van der Waals surface area (Å²) in [7, 11) is 1.87. The van der Waals surface area contributed by atoms with Gasteiger partial charge < -0.3 is 0 Å². The fraction of sp³-hybridized carbons (Fsp3) is 0.550. The first-order chi connectivity index (χ1) is 13.1. The van der Waals surface area contributed by atoms with Gasteiger partial charge in [0, 0.05) is 0 Å². The molecule has 1 unspecified atom stereocenters. The third kappa shape index (κ3) is 3.34. The van der Waals surface area contributed by atoms with E-state index < -0.39 is 15.8 Å². The van der Waals surface area contributed by atoms with Crippen LogP contribution in [0.4, 0.5) is 0 Å². The van der Waals surface area contributed by atoms with Crippen molar-refractivity contribution in [2.45, 2.75) is 31.7 Å². The van der Waals surface area contributed by atoms with E-state index in [1.807, 2.05) is 25.2 Å². The molecule has 4 heterocycles. The van der Waals surface area contributed by atoms with E-state index in [0.29, 0.717) is 22.1 Å². The van der Waals surface area contributed by atoms with Crippen molar-refractivity contribution >= 4 is 41.5 Å². The van der Waals surface area contributed by atoms with Crippen molar-refractivity contribution in [3.8, 4) is 0 Å². The number of fused-ring (bicyclic) bond motifs is 4. The fourth-order valence-electron chi connectivity index (χ4n) is 4.40. The third-order valence-corrected chi connectivity index (χ3v) is 8.54. The van der Waals surface area contributed by atoms with E-state index in [2.05, 4.69) is 15.3 Å². The van der Waals surface area contributed by atoms with Crippen molar-refractivity contribution in [3.63, 3.8) is 0 Å². The number of hydrogen-bond acceptors (Lipinski definition) is 4. The molecule has 3 aliphatic heterocycles. The SMILES string of the molecule is Cn1nc(C(=O)NC2CN3CCC2CC3)c2ccc([As]C(=O)C3CC3)cc21. The summed E-state index contributed by atoms with van der Waals surface area (Å²) in [6.45, 7) is 3.28. The maximum atomic E-state index is 12.9. The van der Waals surface area contributed by atoms with Gasteiger partial charge >= 0.3 is 165 Å². The van der Waals surface area contributed by atoms with Gasteiger partial charge in [0.25, 0.3) is 0 Å². The first-order valence-corrected chi connectivity index (χ1v) is 11.7. The number of aryl methyl sites for hydroxylation is 1. The van der Waals surface area contributed by atoms with Crippen LogP contribution in [0.1, 0.15) is 36.2 Å². The second-order valence-electron chi connectivity index (χ2n) is 8.12. The van der Waals surface area contributed by atoms with Gasteiger partial charge in [-0.3, -0.25) is 0 Å². The Hall–Kier alpha value is -1.65. The number of carbonyl (C=O) groups is 2. The molecule has 27 heavy (non-hydrogen) atoms. The molecule has 1 N–H and O–H groups in total. The number of aromatic nitrogens is 2. The number of nitrogens with zero attached hydrogens (tertiary/aromatic N) is 3. The van der Waals surface area contributed by atoms with Gasteiger partial charge in [-0.25, -0.2) is 0 Å². The molecule has 3 saturated heterocycles. The fourth-order valence-corrected chi connectivity index (χ4v) is 6.56. The van der Waals surface area contributed by atoms with Crippen LogP contribution in [-0.2, 0) is 11.8 Å². The zero-order valence-corrected chi connectivity index (χ0v) is 17.4. The Morgan fingerprint density at radius 2 is 1.96 bits per heavy atom. The molecular formula is C20H24AsN4O2. The van der Waals surface area contributed by atoms with E-state index in [1.54, 1.807) is 4.68 Å². The third-order valence-electron chi connectivity index (χ3n) is 6.19. The molecule has 6 nitrogen and oxygen atoms in total. The van der Waals surface area contributed by atoms with Crippen LogP contribution in [0.15, 0.2) is 18.2 Å². The van der Waals surface area contributed by atoms with Gasteiger partial charge in [-0.05, 0) is 0 Å². The average molecular weight is 427 g/mol. The predicted molar refractivity (Wildman–Crippen MR) is 104 cm³/mol. The van der Waals surface area contributed by atoms with Crippen molar-refractivity contribution in [1.82, 2.24) is 20.0 Å². The quantitative estimate of drug-likeness (QED) is 0.713. The zero-order chi connectivity index (χ0) is 18.5. The standard InChI is InChI=1S/C20H24AsN4O2/c1-24-17-10-14(21-19(26)13-2-3-13)4-5-15(17)18(23-24)20(27)22-16-11-25-8-6-12(16)7-9-25/h4-5,10,12-13,16H,2-3,6-9,11H2,1H3,(H,22,27). The van der Waals surface area contributed by atoms with Gasteiger partial charge in [-0.2, -0.15) is 0 Å². The van der Waals surface area contributed by atoms with Gasteiger partial charge in [0.15, 0.2) is 0 Å². The van der Waals surface area contributed by atoms with Crippen LogP contribution in [0.5, 0.6) is 0 Å². The van der Waals surface area contributed by atoms with Crippen molar-refractivity contribution in [1.29, 1.82) is 0 Å². The second kappa shape index (κ2) is 6.75. The van der Waals surface area contributed by atoms with Gasteiger partial charge in [0.05, 0.1) is 0 Å². The van der Waals surface area contributed by atoms with E-state index in [1.165, 1.54) is 12.8 Å². The number of benzene rings is 1. The molecular weight excluding hydrogens is 403 g/mol. The molecule has 7 heteroatoms. The summed E-state index contributed by atoms with van der Waals surface area (Å²) in [4.78, 5) is 27.5. The minimum absolute atomic E-state index is 0.0746. The molecule has 1 atom stereocenters. The molecule has 4 fully saturated rings. The van der Waals surface area contributed by atoms with Crippen LogP contribution in [0.3, 0.4) is 0 Å². The Labute approximate surface area is 165 Å². The second-order valence-corrected chi connectivity index (χ2v) is 10.6. The zero-order valence-electron chi connectivity index (χ0n) is 15.5. The van der Waals surface area contributed by atoms with Crippen LogP contribution < -0.4 is 9.67 Å². The molecule has 1 aromatic heterocycles. The molecule has 141 valence electrons. The number of amides is 1. The predicted octanol–water partition coefficient (Wildman–Crippen LogP) is 0.663. The van der Waals surface area contributed by atoms with Crippen molar-refractivity contribution < 1.29 is 9.59 Å².